The zero-order valence-electron chi connectivity index (χ0n) is 15.7. The van der Waals surface area contributed by atoms with Gasteiger partial charge in [-0.3, -0.25) is 0 Å². The van der Waals surface area contributed by atoms with E-state index in [2.05, 4.69) is 41.8 Å². The maximum atomic E-state index is 11.8. The van der Waals surface area contributed by atoms with Gasteiger partial charge in [-0.15, -0.1) is 0 Å². The normalized spacial score (nSPS) is 12.7. The molecule has 2 aromatic carbocycles. The maximum absolute atomic E-state index is 11.8. The molecule has 0 spiro atoms. The van der Waals surface area contributed by atoms with Gasteiger partial charge in [0.2, 0.25) is 0 Å². The van der Waals surface area contributed by atoms with Gasteiger partial charge in [-0.25, -0.2) is 4.79 Å². The van der Waals surface area contributed by atoms with Gasteiger partial charge in [0.05, 0.1) is 12.7 Å². The van der Waals surface area contributed by atoms with Gasteiger partial charge in [-0.2, -0.15) is 0 Å². The predicted molar refractivity (Wildman–Crippen MR) is 110 cm³/mol. The van der Waals surface area contributed by atoms with Gasteiger partial charge in [-0.05, 0) is 55.5 Å². The first-order valence-corrected chi connectivity index (χ1v) is 9.00. The number of allylic oxidation sites excluding steroid dienone is 1. The summed E-state index contributed by atoms with van der Waals surface area (Å²) in [6.07, 6.45) is 2.29. The van der Waals surface area contributed by atoms with Crippen LogP contribution in [0.3, 0.4) is 0 Å². The number of rotatable bonds is 7. The third-order valence-corrected chi connectivity index (χ3v) is 4.58. The summed E-state index contributed by atoms with van der Waals surface area (Å²) >= 11 is 0. The lowest BCUT2D eigenvalue weighted by Gasteiger charge is -2.15. The van der Waals surface area contributed by atoms with Crippen molar-refractivity contribution < 1.29 is 12.4 Å². The van der Waals surface area contributed by atoms with Crippen molar-refractivity contribution in [3.8, 4) is 0 Å². The standard InChI is InChI=1S/C22H26N2O2.2H2/c1-15-5-4-6-17(11-15)13-23-14-21(18-9-10-18)24-20-12-19(22(25)26-3)8-7-16(20)2;;/h4-8,11-12,23-24H,9-10,13-14H2,1-3H3;2*1H. The van der Waals surface area contributed by atoms with Crippen LogP contribution in [0.5, 0.6) is 0 Å². The van der Waals surface area contributed by atoms with Crippen molar-refractivity contribution in [2.75, 3.05) is 19.0 Å². The smallest absolute Gasteiger partial charge is 0.337 e. The van der Waals surface area contributed by atoms with Crippen LogP contribution in [0.25, 0.3) is 0 Å². The topological polar surface area (TPSA) is 50.4 Å². The number of anilines is 1. The molecule has 4 heteroatoms. The van der Waals surface area contributed by atoms with E-state index in [1.807, 2.05) is 19.1 Å². The summed E-state index contributed by atoms with van der Waals surface area (Å²) < 4.78 is 4.83. The van der Waals surface area contributed by atoms with E-state index in [-0.39, 0.29) is 8.82 Å². The lowest BCUT2D eigenvalue weighted by Crippen LogP contribution is -2.21. The summed E-state index contributed by atoms with van der Waals surface area (Å²) in [7, 11) is 1.40. The molecule has 1 saturated carbocycles. The minimum atomic E-state index is -0.314. The second-order valence-electron chi connectivity index (χ2n) is 6.82. The summed E-state index contributed by atoms with van der Waals surface area (Å²) in [5, 5.41) is 7.06. The van der Waals surface area contributed by atoms with Crippen LogP contribution < -0.4 is 10.6 Å². The molecule has 140 valence electrons. The lowest BCUT2D eigenvalue weighted by molar-refractivity contribution is 0.0601. The number of ether oxygens (including phenoxy) is 1. The second-order valence-corrected chi connectivity index (χ2v) is 6.82. The van der Waals surface area contributed by atoms with E-state index in [1.54, 1.807) is 6.07 Å². The van der Waals surface area contributed by atoms with Gasteiger partial charge in [0.15, 0.2) is 0 Å². The third-order valence-electron chi connectivity index (χ3n) is 4.58. The Labute approximate surface area is 158 Å². The third kappa shape index (κ3) is 4.73. The summed E-state index contributed by atoms with van der Waals surface area (Å²) in [6.45, 7) is 5.77. The molecule has 0 saturated heterocycles. The van der Waals surface area contributed by atoms with E-state index in [9.17, 15) is 4.79 Å². The van der Waals surface area contributed by atoms with Crippen LogP contribution in [0, 0.1) is 13.8 Å². The largest absolute Gasteiger partial charge is 0.465 e. The van der Waals surface area contributed by atoms with Gasteiger partial charge in [0.1, 0.15) is 0 Å². The maximum Gasteiger partial charge on any atom is 0.337 e. The Morgan fingerprint density at radius 1 is 1.15 bits per heavy atom. The Morgan fingerprint density at radius 2 is 1.96 bits per heavy atom. The molecule has 1 fully saturated rings. The molecule has 3 rings (SSSR count). The number of nitrogens with one attached hydrogen (secondary N) is 2. The van der Waals surface area contributed by atoms with Crippen LogP contribution >= 0.6 is 0 Å². The number of hydrogen-bond donors (Lipinski definition) is 2. The van der Waals surface area contributed by atoms with Crippen molar-refractivity contribution in [1.29, 1.82) is 0 Å². The summed E-state index contributed by atoms with van der Waals surface area (Å²) in [6, 6.07) is 14.2. The first-order valence-electron chi connectivity index (χ1n) is 9.00. The van der Waals surface area contributed by atoms with Gasteiger partial charge in [-0.1, -0.05) is 35.9 Å². The van der Waals surface area contributed by atoms with E-state index < -0.39 is 0 Å². The molecule has 1 aliphatic rings. The van der Waals surface area contributed by atoms with Crippen LogP contribution in [-0.2, 0) is 11.3 Å². The van der Waals surface area contributed by atoms with Gasteiger partial charge in [0, 0.05) is 27.3 Å². The molecule has 2 N–H and O–H groups in total. The fraction of sp³-hybridized carbons (Fsp3) is 0.318. The number of hydrogen-bond acceptors (Lipinski definition) is 4. The fourth-order valence-electron chi connectivity index (χ4n) is 2.94. The molecule has 0 aliphatic heterocycles. The molecule has 26 heavy (non-hydrogen) atoms. The molecule has 0 amide bonds. The zero-order chi connectivity index (χ0) is 18.5. The Balaban J connectivity index is 0.00000196. The van der Waals surface area contributed by atoms with Gasteiger partial charge in [0.25, 0.3) is 0 Å². The van der Waals surface area contributed by atoms with Crippen molar-refractivity contribution in [2.24, 2.45) is 0 Å². The van der Waals surface area contributed by atoms with E-state index in [1.165, 1.54) is 29.5 Å². The molecule has 2 aromatic rings. The zero-order valence-corrected chi connectivity index (χ0v) is 15.7. The number of aryl methyl sites for hydroxylation is 2. The van der Waals surface area contributed by atoms with E-state index in [0.29, 0.717) is 5.56 Å². The Kier molecular flexibility index (Phi) is 5.74. The Morgan fingerprint density at radius 3 is 2.65 bits per heavy atom. The first-order chi connectivity index (χ1) is 12.6. The summed E-state index contributed by atoms with van der Waals surface area (Å²) in [5.41, 5.74) is 7.85. The fourth-order valence-corrected chi connectivity index (χ4v) is 2.94. The highest BCUT2D eigenvalue weighted by Gasteiger charge is 2.18. The van der Waals surface area contributed by atoms with Crippen molar-refractivity contribution in [3.05, 3.63) is 76.0 Å². The quantitative estimate of drug-likeness (QED) is 0.699. The number of benzene rings is 2. The molecule has 1 aliphatic carbocycles. The van der Waals surface area contributed by atoms with E-state index in [0.717, 1.165) is 37.2 Å². The molecule has 0 aromatic heterocycles. The van der Waals surface area contributed by atoms with Crippen LogP contribution in [-0.4, -0.2) is 19.6 Å². The predicted octanol–water partition coefficient (Wildman–Crippen LogP) is 4.83. The minimum Gasteiger partial charge on any atom is -0.465 e. The molecule has 4 nitrogen and oxygen atoms in total. The van der Waals surface area contributed by atoms with E-state index in [4.69, 9.17) is 4.74 Å². The Bertz CT molecular complexity index is 844. The van der Waals surface area contributed by atoms with E-state index >= 15 is 0 Å². The summed E-state index contributed by atoms with van der Waals surface area (Å²) in [4.78, 5) is 11.8. The van der Waals surface area contributed by atoms with Gasteiger partial charge < -0.3 is 15.4 Å². The molecule has 0 bridgehead atoms. The molecule has 0 atom stereocenters. The number of carbonyl (C=O) groups is 1. The molecule has 0 radical (unpaired) electrons. The van der Waals surface area contributed by atoms with Crippen LogP contribution in [0.4, 0.5) is 5.69 Å². The van der Waals surface area contributed by atoms with Crippen LogP contribution in [0.2, 0.25) is 0 Å². The Hall–Kier alpha value is -2.59. The monoisotopic (exact) mass is 354 g/mol. The average Bonchev–Trinajstić information content (AvgIpc) is 3.47. The lowest BCUT2D eigenvalue weighted by atomic mass is 10.1. The number of methoxy groups -OCH3 is 1. The molecular weight excluding hydrogens is 324 g/mol. The summed E-state index contributed by atoms with van der Waals surface area (Å²) in [5.74, 6) is -0.314. The highest BCUT2D eigenvalue weighted by molar-refractivity contribution is 5.90. The molecule has 0 heterocycles. The minimum absolute atomic E-state index is 0. The van der Waals surface area contributed by atoms with Crippen LogP contribution in [0.1, 0.15) is 42.7 Å². The average molecular weight is 354 g/mol. The number of carbonyl (C=O) groups excluding carboxylic acids is 1. The first kappa shape index (κ1) is 18.2. The van der Waals surface area contributed by atoms with Crippen molar-refractivity contribution in [2.45, 2.75) is 33.2 Å². The molecular formula is C22H30N2O2. The van der Waals surface area contributed by atoms with Crippen LogP contribution in [0.15, 0.2) is 53.7 Å². The number of esters is 1. The van der Waals surface area contributed by atoms with Crippen molar-refractivity contribution in [1.82, 2.24) is 5.32 Å². The van der Waals surface area contributed by atoms with Gasteiger partial charge >= 0.3 is 5.97 Å². The van der Waals surface area contributed by atoms with Crippen molar-refractivity contribution >= 4 is 11.7 Å². The second kappa shape index (κ2) is 8.19. The highest BCUT2D eigenvalue weighted by atomic mass is 16.5. The van der Waals surface area contributed by atoms with Crippen molar-refractivity contribution in [3.63, 3.8) is 0 Å². The SMILES string of the molecule is COC(=O)c1ccc(C)c(NC(CNCc2cccc(C)c2)=C2CC2)c1.[HH].[HH]. The molecule has 0 unspecified atom stereocenters. The highest BCUT2D eigenvalue weighted by Crippen LogP contribution is 2.32.